The molecule has 0 bridgehead atoms. The predicted molar refractivity (Wildman–Crippen MR) is 96.9 cm³/mol. The molecule has 0 fully saturated rings. The van der Waals surface area contributed by atoms with Crippen LogP contribution in [-0.4, -0.2) is 19.5 Å². The number of rotatable bonds is 2. The molecule has 0 radical (unpaired) electrons. The molecule has 6 heteroatoms. The van der Waals surface area contributed by atoms with Crippen molar-refractivity contribution < 1.29 is 4.39 Å². The number of aryl methyl sites for hydroxylation is 3. The van der Waals surface area contributed by atoms with Crippen molar-refractivity contribution >= 4 is 22.9 Å². The number of fused-ring (bicyclic) bond motifs is 3. The van der Waals surface area contributed by atoms with Gasteiger partial charge in [-0.25, -0.2) is 13.9 Å². The van der Waals surface area contributed by atoms with Gasteiger partial charge >= 0.3 is 0 Å². The van der Waals surface area contributed by atoms with Gasteiger partial charge in [-0.1, -0.05) is 18.2 Å². The normalized spacial score (nSPS) is 13.6. The molecule has 0 unspecified atom stereocenters. The summed E-state index contributed by atoms with van der Waals surface area (Å²) < 4.78 is 15.2. The molecule has 0 amide bonds. The zero-order chi connectivity index (χ0) is 17.9. The highest BCUT2D eigenvalue weighted by atomic mass is 35.5. The molecule has 0 atom stereocenters. The summed E-state index contributed by atoms with van der Waals surface area (Å²) in [6.07, 6.45) is 0. The van der Waals surface area contributed by atoms with Crippen LogP contribution in [0.5, 0.6) is 0 Å². The molecule has 25 heavy (non-hydrogen) atoms. The van der Waals surface area contributed by atoms with E-state index >= 15 is 0 Å². The second-order valence-electron chi connectivity index (χ2n) is 6.52. The van der Waals surface area contributed by atoms with Crippen LogP contribution in [0.1, 0.15) is 33.8 Å². The van der Waals surface area contributed by atoms with Gasteiger partial charge in [-0.2, -0.15) is 5.10 Å². The lowest BCUT2D eigenvalue weighted by Gasteiger charge is -2.22. The van der Waals surface area contributed by atoms with E-state index in [9.17, 15) is 4.39 Å². The lowest BCUT2D eigenvalue weighted by molar-refractivity contribution is 0.417. The first-order valence-corrected chi connectivity index (χ1v) is 8.48. The Hall–Kier alpha value is -2.40. The zero-order valence-corrected chi connectivity index (χ0v) is 15.2. The van der Waals surface area contributed by atoms with Gasteiger partial charge in [-0.3, -0.25) is 0 Å². The molecule has 0 spiro atoms. The van der Waals surface area contributed by atoms with Crippen molar-refractivity contribution in [2.24, 2.45) is 0 Å². The number of hydrogen-bond acceptors (Lipinski definition) is 3. The maximum Gasteiger partial charge on any atom is 0.160 e. The standard InChI is InChI=1S/C19H18ClFN4/c1-10-7-14(21)5-6-15(10)12(3)24-8-16-17(9-24)23-25-13(4)18(20)11(2)22-19(16)25/h5-7H,3,8-9H2,1-2,4H3. The molecule has 0 saturated heterocycles. The first kappa shape index (κ1) is 16.1. The molecule has 3 aromatic rings. The van der Waals surface area contributed by atoms with Crippen molar-refractivity contribution in [3.05, 3.63) is 69.4 Å². The SMILES string of the molecule is C=C(c1ccc(F)cc1C)N1Cc2nn3c(C)c(Cl)c(C)nc3c2C1. The molecule has 128 valence electrons. The Balaban J connectivity index is 1.71. The fraction of sp³-hybridized carbons (Fsp3) is 0.263. The Labute approximate surface area is 150 Å². The molecule has 4 rings (SSSR count). The highest BCUT2D eigenvalue weighted by molar-refractivity contribution is 6.31. The minimum absolute atomic E-state index is 0.233. The van der Waals surface area contributed by atoms with E-state index in [1.807, 2.05) is 25.3 Å². The molecule has 2 aromatic heterocycles. The number of aromatic nitrogens is 3. The summed E-state index contributed by atoms with van der Waals surface area (Å²) in [5.41, 5.74) is 7.34. The van der Waals surface area contributed by atoms with Gasteiger partial charge in [-0.05, 0) is 44.5 Å². The second kappa shape index (κ2) is 5.56. The van der Waals surface area contributed by atoms with Crippen LogP contribution in [0.25, 0.3) is 11.3 Å². The quantitative estimate of drug-likeness (QED) is 0.681. The Morgan fingerprint density at radius 2 is 2.00 bits per heavy atom. The molecular formula is C19H18ClFN4. The van der Waals surface area contributed by atoms with Crippen molar-refractivity contribution in [1.29, 1.82) is 0 Å². The first-order valence-electron chi connectivity index (χ1n) is 8.10. The van der Waals surface area contributed by atoms with Gasteiger partial charge in [0.05, 0.1) is 28.6 Å². The molecule has 0 saturated carbocycles. The minimum atomic E-state index is -0.233. The third-order valence-corrected chi connectivity index (χ3v) is 5.38. The van der Waals surface area contributed by atoms with Crippen molar-refractivity contribution in [3.63, 3.8) is 0 Å². The van der Waals surface area contributed by atoms with Crippen molar-refractivity contribution in [2.45, 2.75) is 33.9 Å². The Kier molecular flexibility index (Phi) is 3.58. The van der Waals surface area contributed by atoms with Crippen molar-refractivity contribution in [3.8, 4) is 0 Å². The summed E-state index contributed by atoms with van der Waals surface area (Å²) in [5.74, 6) is -0.233. The van der Waals surface area contributed by atoms with Crippen LogP contribution in [0, 0.1) is 26.6 Å². The van der Waals surface area contributed by atoms with Gasteiger partial charge in [-0.15, -0.1) is 0 Å². The van der Waals surface area contributed by atoms with E-state index in [2.05, 4.69) is 21.6 Å². The summed E-state index contributed by atoms with van der Waals surface area (Å²) >= 11 is 6.29. The van der Waals surface area contributed by atoms with Crippen molar-refractivity contribution in [2.75, 3.05) is 0 Å². The van der Waals surface area contributed by atoms with Gasteiger partial charge in [0.2, 0.25) is 0 Å². The average molecular weight is 357 g/mol. The number of hydrogen-bond donors (Lipinski definition) is 0. The smallest absolute Gasteiger partial charge is 0.160 e. The maximum absolute atomic E-state index is 13.4. The number of benzene rings is 1. The van der Waals surface area contributed by atoms with Gasteiger partial charge < -0.3 is 4.90 Å². The zero-order valence-electron chi connectivity index (χ0n) is 14.4. The molecule has 3 heterocycles. The minimum Gasteiger partial charge on any atom is -0.361 e. The summed E-state index contributed by atoms with van der Waals surface area (Å²) in [6, 6.07) is 4.78. The van der Waals surface area contributed by atoms with Gasteiger partial charge in [0.25, 0.3) is 0 Å². The van der Waals surface area contributed by atoms with Crippen LogP contribution in [0.4, 0.5) is 4.39 Å². The van der Waals surface area contributed by atoms with Crippen LogP contribution in [0.2, 0.25) is 5.02 Å². The molecule has 0 aliphatic carbocycles. The van der Waals surface area contributed by atoms with E-state index in [0.717, 1.165) is 45.1 Å². The highest BCUT2D eigenvalue weighted by Crippen LogP contribution is 2.33. The summed E-state index contributed by atoms with van der Waals surface area (Å²) in [6.45, 7) is 11.3. The monoisotopic (exact) mass is 356 g/mol. The lowest BCUT2D eigenvalue weighted by atomic mass is 10.1. The summed E-state index contributed by atoms with van der Waals surface area (Å²) in [4.78, 5) is 6.78. The van der Waals surface area contributed by atoms with E-state index in [4.69, 9.17) is 11.6 Å². The molecule has 1 aliphatic heterocycles. The average Bonchev–Trinajstić information content (AvgIpc) is 3.11. The lowest BCUT2D eigenvalue weighted by Crippen LogP contribution is -2.16. The van der Waals surface area contributed by atoms with Gasteiger partial charge in [0.1, 0.15) is 5.82 Å². The topological polar surface area (TPSA) is 33.4 Å². The number of nitrogens with zero attached hydrogens (tertiary/aromatic N) is 4. The molecule has 1 aromatic carbocycles. The second-order valence-corrected chi connectivity index (χ2v) is 6.90. The van der Waals surface area contributed by atoms with Crippen LogP contribution < -0.4 is 0 Å². The first-order chi connectivity index (χ1) is 11.9. The van der Waals surface area contributed by atoms with Gasteiger partial charge in [0.15, 0.2) is 5.65 Å². The van der Waals surface area contributed by atoms with E-state index in [0.29, 0.717) is 18.1 Å². The third-order valence-electron chi connectivity index (χ3n) is 4.84. The highest BCUT2D eigenvalue weighted by Gasteiger charge is 2.28. The Morgan fingerprint density at radius 3 is 2.72 bits per heavy atom. The largest absolute Gasteiger partial charge is 0.361 e. The van der Waals surface area contributed by atoms with Crippen LogP contribution in [0.3, 0.4) is 0 Å². The van der Waals surface area contributed by atoms with Crippen molar-refractivity contribution in [1.82, 2.24) is 19.5 Å². The molecule has 1 aliphatic rings. The fourth-order valence-corrected chi connectivity index (χ4v) is 3.55. The maximum atomic E-state index is 13.4. The van der Waals surface area contributed by atoms with E-state index in [1.54, 1.807) is 6.07 Å². The van der Waals surface area contributed by atoms with E-state index in [1.165, 1.54) is 12.1 Å². The van der Waals surface area contributed by atoms with E-state index in [-0.39, 0.29) is 5.82 Å². The number of halogens is 2. The van der Waals surface area contributed by atoms with Crippen LogP contribution >= 0.6 is 11.6 Å². The van der Waals surface area contributed by atoms with Gasteiger partial charge in [0, 0.05) is 23.4 Å². The van der Waals surface area contributed by atoms with E-state index < -0.39 is 0 Å². The Bertz CT molecular complexity index is 1040. The fourth-order valence-electron chi connectivity index (χ4n) is 3.43. The van der Waals surface area contributed by atoms with Crippen LogP contribution in [0.15, 0.2) is 24.8 Å². The third kappa shape index (κ3) is 2.42. The molecular weight excluding hydrogens is 339 g/mol. The predicted octanol–water partition coefficient (Wildman–Crippen LogP) is 4.43. The molecule has 4 nitrogen and oxygen atoms in total. The molecule has 0 N–H and O–H groups in total. The summed E-state index contributed by atoms with van der Waals surface area (Å²) in [7, 11) is 0. The Morgan fingerprint density at radius 1 is 1.24 bits per heavy atom. The van der Waals surface area contributed by atoms with Crippen LogP contribution in [-0.2, 0) is 13.1 Å². The summed E-state index contributed by atoms with van der Waals surface area (Å²) in [5, 5.41) is 5.33.